The molecule has 1 amide bonds. The quantitative estimate of drug-likeness (QED) is 0.409. The largest absolute Gasteiger partial charge is 0.422 e. The van der Waals surface area contributed by atoms with Crippen molar-refractivity contribution in [2.75, 3.05) is 31.1 Å². The van der Waals surface area contributed by atoms with Gasteiger partial charge in [0.2, 0.25) is 5.65 Å². The number of rotatable bonds is 4. The third kappa shape index (κ3) is 3.90. The van der Waals surface area contributed by atoms with Gasteiger partial charge in [0.05, 0.1) is 12.2 Å². The number of nitrogens with zero attached hydrogens (tertiary/aromatic N) is 7. The van der Waals surface area contributed by atoms with Crippen LogP contribution in [0.2, 0.25) is 5.15 Å². The average Bonchev–Trinajstić information content (AvgIpc) is 3.49. The first-order valence-corrected chi connectivity index (χ1v) is 11.9. The number of aromatic nitrogens is 5. The van der Waals surface area contributed by atoms with Gasteiger partial charge in [0.1, 0.15) is 10.8 Å². The molecule has 1 aliphatic carbocycles. The number of amides is 1. The number of pyridine rings is 1. The SMILES string of the molecule is CC1CC(n2cc(-c3ccc(C(=O)N4CCN(c5nc6nc(Cl)ccc6o5)CC4)cc3)nn2)C1. The number of fused-ring (bicyclic) bond motifs is 1. The number of hydrogen-bond donors (Lipinski definition) is 0. The number of hydrogen-bond acceptors (Lipinski definition) is 7. The Kier molecular flexibility index (Phi) is 5.21. The van der Waals surface area contributed by atoms with Gasteiger partial charge in [-0.05, 0) is 43.0 Å². The van der Waals surface area contributed by atoms with Crippen molar-refractivity contribution in [1.29, 1.82) is 0 Å². The zero-order valence-corrected chi connectivity index (χ0v) is 19.5. The first-order valence-electron chi connectivity index (χ1n) is 11.5. The molecule has 0 N–H and O–H groups in total. The Labute approximate surface area is 201 Å². The Bertz CT molecular complexity index is 1340. The average molecular weight is 478 g/mol. The second-order valence-electron chi connectivity index (χ2n) is 9.12. The first-order chi connectivity index (χ1) is 16.5. The van der Waals surface area contributed by atoms with Gasteiger partial charge in [-0.3, -0.25) is 4.79 Å². The lowest BCUT2D eigenvalue weighted by Crippen LogP contribution is -2.48. The third-order valence-corrected chi connectivity index (χ3v) is 6.92. The summed E-state index contributed by atoms with van der Waals surface area (Å²) in [7, 11) is 0. The van der Waals surface area contributed by atoms with Crippen LogP contribution in [0.5, 0.6) is 0 Å². The molecule has 1 saturated heterocycles. The second-order valence-corrected chi connectivity index (χ2v) is 9.51. The van der Waals surface area contributed by atoms with Gasteiger partial charge >= 0.3 is 0 Å². The summed E-state index contributed by atoms with van der Waals surface area (Å²) in [5.74, 6) is 0.778. The molecular weight excluding hydrogens is 454 g/mol. The Morgan fingerprint density at radius 1 is 1.03 bits per heavy atom. The fraction of sp³-hybridized carbons (Fsp3) is 0.375. The lowest BCUT2D eigenvalue weighted by Gasteiger charge is -2.33. The van der Waals surface area contributed by atoms with E-state index in [1.54, 1.807) is 12.1 Å². The van der Waals surface area contributed by atoms with E-state index in [0.29, 0.717) is 60.2 Å². The molecule has 1 aromatic carbocycles. The number of carbonyl (C=O) groups is 1. The minimum Gasteiger partial charge on any atom is -0.422 e. The van der Waals surface area contributed by atoms with E-state index in [1.165, 1.54) is 0 Å². The Balaban J connectivity index is 1.09. The van der Waals surface area contributed by atoms with E-state index >= 15 is 0 Å². The summed E-state index contributed by atoms with van der Waals surface area (Å²) in [6.07, 6.45) is 4.31. The summed E-state index contributed by atoms with van der Waals surface area (Å²) in [4.78, 5) is 25.6. The normalized spacial score (nSPS) is 20.5. The van der Waals surface area contributed by atoms with Gasteiger partial charge in [0.15, 0.2) is 5.58 Å². The second kappa shape index (κ2) is 8.39. The number of piperazine rings is 1. The van der Waals surface area contributed by atoms with Gasteiger partial charge in [-0.15, -0.1) is 5.10 Å². The molecule has 6 rings (SSSR count). The number of benzene rings is 1. The van der Waals surface area contributed by atoms with Gasteiger partial charge in [-0.25, -0.2) is 9.67 Å². The van der Waals surface area contributed by atoms with Gasteiger partial charge in [0.25, 0.3) is 11.9 Å². The summed E-state index contributed by atoms with van der Waals surface area (Å²) >= 11 is 5.94. The van der Waals surface area contributed by atoms with Crippen molar-refractivity contribution in [3.63, 3.8) is 0 Å². The van der Waals surface area contributed by atoms with Crippen molar-refractivity contribution in [3.8, 4) is 11.3 Å². The maximum Gasteiger partial charge on any atom is 0.300 e. The van der Waals surface area contributed by atoms with E-state index < -0.39 is 0 Å². The zero-order valence-electron chi connectivity index (χ0n) is 18.8. The molecule has 3 aromatic heterocycles. The van der Waals surface area contributed by atoms with Crippen molar-refractivity contribution < 1.29 is 9.21 Å². The minimum atomic E-state index is 0.0179. The fourth-order valence-electron chi connectivity index (χ4n) is 4.65. The van der Waals surface area contributed by atoms with Crippen molar-refractivity contribution in [1.82, 2.24) is 29.9 Å². The molecule has 34 heavy (non-hydrogen) atoms. The molecule has 1 saturated carbocycles. The first kappa shape index (κ1) is 21.1. The predicted octanol–water partition coefficient (Wildman–Crippen LogP) is 4.07. The van der Waals surface area contributed by atoms with Gasteiger partial charge in [-0.1, -0.05) is 35.9 Å². The summed E-state index contributed by atoms with van der Waals surface area (Å²) in [5.41, 5.74) is 3.55. The highest BCUT2D eigenvalue weighted by Crippen LogP contribution is 2.37. The molecular formula is C24H24ClN7O2. The lowest BCUT2D eigenvalue weighted by atomic mass is 9.82. The van der Waals surface area contributed by atoms with Crippen molar-refractivity contribution in [2.24, 2.45) is 5.92 Å². The predicted molar refractivity (Wildman–Crippen MR) is 128 cm³/mol. The van der Waals surface area contributed by atoms with Crippen molar-refractivity contribution in [2.45, 2.75) is 25.8 Å². The van der Waals surface area contributed by atoms with E-state index in [0.717, 1.165) is 30.0 Å². The maximum absolute atomic E-state index is 13.1. The zero-order chi connectivity index (χ0) is 23.2. The summed E-state index contributed by atoms with van der Waals surface area (Å²) in [6.45, 7) is 4.69. The van der Waals surface area contributed by atoms with Crippen molar-refractivity contribution in [3.05, 3.63) is 53.3 Å². The summed E-state index contributed by atoms with van der Waals surface area (Å²) < 4.78 is 7.78. The van der Waals surface area contributed by atoms with Crippen LogP contribution >= 0.6 is 11.6 Å². The molecule has 2 aliphatic rings. The molecule has 1 aliphatic heterocycles. The topological polar surface area (TPSA) is 93.2 Å². The third-order valence-electron chi connectivity index (χ3n) is 6.71. The van der Waals surface area contributed by atoms with E-state index in [-0.39, 0.29) is 5.91 Å². The van der Waals surface area contributed by atoms with Crippen LogP contribution in [0.3, 0.4) is 0 Å². The Morgan fingerprint density at radius 2 is 1.79 bits per heavy atom. The van der Waals surface area contributed by atoms with Crippen LogP contribution in [0.4, 0.5) is 6.01 Å². The highest BCUT2D eigenvalue weighted by Gasteiger charge is 2.28. The maximum atomic E-state index is 13.1. The van der Waals surface area contributed by atoms with Crippen LogP contribution in [0.15, 0.2) is 47.0 Å². The molecule has 0 unspecified atom stereocenters. The highest BCUT2D eigenvalue weighted by molar-refractivity contribution is 6.29. The smallest absolute Gasteiger partial charge is 0.300 e. The number of carbonyl (C=O) groups excluding carboxylic acids is 1. The van der Waals surface area contributed by atoms with E-state index in [1.807, 2.05) is 44.9 Å². The van der Waals surface area contributed by atoms with Crippen LogP contribution in [-0.4, -0.2) is 61.9 Å². The molecule has 0 bridgehead atoms. The lowest BCUT2D eigenvalue weighted by molar-refractivity contribution is 0.0745. The monoisotopic (exact) mass is 477 g/mol. The Hall–Kier alpha value is -3.46. The summed E-state index contributed by atoms with van der Waals surface area (Å²) in [5, 5.41) is 9.00. The molecule has 2 fully saturated rings. The summed E-state index contributed by atoms with van der Waals surface area (Å²) in [6, 6.07) is 12.0. The van der Waals surface area contributed by atoms with Crippen molar-refractivity contribution >= 4 is 34.8 Å². The minimum absolute atomic E-state index is 0.0179. The van der Waals surface area contributed by atoms with E-state index in [9.17, 15) is 4.79 Å². The molecule has 0 radical (unpaired) electrons. The van der Waals surface area contributed by atoms with E-state index in [2.05, 4.69) is 27.2 Å². The molecule has 0 atom stereocenters. The standard InChI is InChI=1S/C24H24ClN7O2/c1-15-12-18(13-15)32-14-19(28-29-32)16-2-4-17(5-3-16)23(33)30-8-10-31(11-9-30)24-27-22-20(34-24)6-7-21(25)26-22/h2-7,14-15,18H,8-13H2,1H3. The molecule has 10 heteroatoms. The molecule has 4 aromatic rings. The number of oxazole rings is 1. The Morgan fingerprint density at radius 3 is 2.53 bits per heavy atom. The van der Waals surface area contributed by atoms with Gasteiger partial charge in [0, 0.05) is 37.3 Å². The highest BCUT2D eigenvalue weighted by atomic mass is 35.5. The van der Waals surface area contributed by atoms with Gasteiger partial charge < -0.3 is 14.2 Å². The van der Waals surface area contributed by atoms with Crippen LogP contribution in [0.1, 0.15) is 36.2 Å². The van der Waals surface area contributed by atoms with Gasteiger partial charge in [-0.2, -0.15) is 4.98 Å². The fourth-order valence-corrected chi connectivity index (χ4v) is 4.79. The number of halogens is 1. The van der Waals surface area contributed by atoms with Crippen LogP contribution < -0.4 is 4.90 Å². The molecule has 0 spiro atoms. The molecule has 9 nitrogen and oxygen atoms in total. The molecule has 174 valence electrons. The number of anilines is 1. The van der Waals surface area contributed by atoms with Crippen LogP contribution in [-0.2, 0) is 0 Å². The van der Waals surface area contributed by atoms with E-state index in [4.69, 9.17) is 16.0 Å². The van der Waals surface area contributed by atoms with Crippen LogP contribution in [0, 0.1) is 5.92 Å². The van der Waals surface area contributed by atoms with Crippen LogP contribution in [0.25, 0.3) is 22.5 Å². The molecule has 4 heterocycles.